The standard InChI is InChI=1S/C7H14NO4P/c1-7(5-4-6-8(7)9)13(10,11-2)12-3/h6H,4-5H2,1-3H3. The van der Waals surface area contributed by atoms with Crippen LogP contribution in [-0.2, 0) is 13.6 Å². The quantitative estimate of drug-likeness (QED) is 0.400. The average Bonchev–Trinajstić information content (AvgIpc) is 2.47. The second-order valence-corrected chi connectivity index (χ2v) is 5.82. The molecule has 1 atom stereocenters. The normalized spacial score (nSPS) is 29.0. The van der Waals surface area contributed by atoms with Crippen molar-refractivity contribution in [2.45, 2.75) is 25.0 Å². The van der Waals surface area contributed by atoms with Crippen molar-refractivity contribution in [3.63, 3.8) is 0 Å². The zero-order chi connectivity index (χ0) is 10.1. The monoisotopic (exact) mass is 207 g/mol. The Kier molecular flexibility index (Phi) is 2.80. The molecular formula is C7H14NO4P. The third-order valence-corrected chi connectivity index (χ3v) is 5.02. The minimum absolute atomic E-state index is 0.495. The van der Waals surface area contributed by atoms with Gasteiger partial charge in [-0.15, -0.1) is 0 Å². The third kappa shape index (κ3) is 1.41. The van der Waals surface area contributed by atoms with Gasteiger partial charge in [0, 0.05) is 34.0 Å². The summed E-state index contributed by atoms with van der Waals surface area (Å²) in [6.45, 7) is 1.59. The number of hydroxylamine groups is 1. The summed E-state index contributed by atoms with van der Waals surface area (Å²) in [5.41, 5.74) is 0. The fraction of sp³-hybridized carbons (Fsp3) is 0.857. The molecule has 13 heavy (non-hydrogen) atoms. The van der Waals surface area contributed by atoms with E-state index in [-0.39, 0.29) is 0 Å². The van der Waals surface area contributed by atoms with Crippen molar-refractivity contribution in [1.29, 1.82) is 0 Å². The molecule has 0 saturated carbocycles. The van der Waals surface area contributed by atoms with Gasteiger partial charge in [0.1, 0.15) is 0 Å². The molecule has 76 valence electrons. The lowest BCUT2D eigenvalue weighted by atomic mass is 10.2. The van der Waals surface area contributed by atoms with Gasteiger partial charge in [-0.05, 0) is 0 Å². The summed E-state index contributed by atoms with van der Waals surface area (Å²) in [6, 6.07) is 0. The van der Waals surface area contributed by atoms with Crippen molar-refractivity contribution < 1.29 is 18.4 Å². The topological polar surface area (TPSA) is 61.6 Å². The molecule has 0 bridgehead atoms. The van der Waals surface area contributed by atoms with Crippen molar-refractivity contribution in [3.05, 3.63) is 5.21 Å². The first kappa shape index (κ1) is 10.7. The van der Waals surface area contributed by atoms with Crippen LogP contribution in [0.15, 0.2) is 0 Å². The molecule has 0 aromatic rings. The molecule has 0 aliphatic carbocycles. The van der Waals surface area contributed by atoms with Gasteiger partial charge in [-0.2, -0.15) is 4.74 Å². The molecule has 0 N–H and O–H groups in total. The Labute approximate surface area is 77.5 Å². The third-order valence-electron chi connectivity index (χ3n) is 2.46. The van der Waals surface area contributed by atoms with Crippen molar-refractivity contribution in [3.8, 4) is 0 Å². The van der Waals surface area contributed by atoms with E-state index in [9.17, 15) is 9.77 Å². The summed E-state index contributed by atoms with van der Waals surface area (Å²) in [7, 11) is -0.728. The maximum atomic E-state index is 12.0. The van der Waals surface area contributed by atoms with Crippen LogP contribution in [0.4, 0.5) is 0 Å². The Morgan fingerprint density at radius 3 is 2.38 bits per heavy atom. The van der Waals surface area contributed by atoms with Crippen LogP contribution < -0.4 is 0 Å². The lowest BCUT2D eigenvalue weighted by Gasteiger charge is -2.28. The van der Waals surface area contributed by atoms with Crippen LogP contribution in [-0.4, -0.2) is 30.5 Å². The zero-order valence-corrected chi connectivity index (χ0v) is 8.91. The summed E-state index contributed by atoms with van der Waals surface area (Å²) < 4.78 is 22.3. The first-order chi connectivity index (χ1) is 6.00. The van der Waals surface area contributed by atoms with Gasteiger partial charge in [0.15, 0.2) is 6.21 Å². The highest BCUT2D eigenvalue weighted by atomic mass is 31.2. The van der Waals surface area contributed by atoms with Crippen LogP contribution >= 0.6 is 7.60 Å². The van der Waals surface area contributed by atoms with Gasteiger partial charge in [0.05, 0.1) is 0 Å². The van der Waals surface area contributed by atoms with Gasteiger partial charge in [-0.3, -0.25) is 4.57 Å². The number of hydrogen-bond acceptors (Lipinski definition) is 4. The van der Waals surface area contributed by atoms with E-state index < -0.39 is 12.9 Å². The molecule has 1 unspecified atom stereocenters. The van der Waals surface area contributed by atoms with Gasteiger partial charge in [0.2, 0.25) is 0 Å². The maximum Gasteiger partial charge on any atom is 0.401 e. The lowest BCUT2D eigenvalue weighted by molar-refractivity contribution is -0.506. The molecule has 0 saturated heterocycles. The summed E-state index contributed by atoms with van der Waals surface area (Å²) in [4.78, 5) is 0. The Hall–Kier alpha value is -0.380. The second kappa shape index (κ2) is 3.40. The molecular weight excluding hydrogens is 193 g/mol. The Morgan fingerprint density at radius 2 is 2.08 bits per heavy atom. The molecule has 1 aliphatic rings. The second-order valence-electron chi connectivity index (χ2n) is 3.13. The summed E-state index contributed by atoms with van der Waals surface area (Å²) in [6.07, 6.45) is 2.57. The largest absolute Gasteiger partial charge is 0.623 e. The molecule has 0 amide bonds. The Morgan fingerprint density at radius 1 is 1.54 bits per heavy atom. The molecule has 1 heterocycles. The average molecular weight is 207 g/mol. The lowest BCUT2D eigenvalue weighted by Crippen LogP contribution is -2.33. The fourth-order valence-electron chi connectivity index (χ4n) is 1.49. The molecule has 0 radical (unpaired) electrons. The van der Waals surface area contributed by atoms with E-state index >= 15 is 0 Å². The first-order valence-corrected chi connectivity index (χ1v) is 5.56. The zero-order valence-electron chi connectivity index (χ0n) is 8.02. The van der Waals surface area contributed by atoms with Crippen LogP contribution in [0, 0.1) is 5.21 Å². The first-order valence-electron chi connectivity index (χ1n) is 4.01. The molecule has 0 spiro atoms. The van der Waals surface area contributed by atoms with Crippen molar-refractivity contribution >= 4 is 13.8 Å². The molecule has 1 aliphatic heterocycles. The summed E-state index contributed by atoms with van der Waals surface area (Å²) in [5.74, 6) is 0. The number of nitrogens with zero attached hydrogens (tertiary/aromatic N) is 1. The predicted molar refractivity (Wildman–Crippen MR) is 49.0 cm³/mol. The van der Waals surface area contributed by atoms with Crippen LogP contribution in [0.2, 0.25) is 0 Å². The predicted octanol–water partition coefficient (Wildman–Crippen LogP) is 1.56. The minimum Gasteiger partial charge on any atom is -0.623 e. The van der Waals surface area contributed by atoms with Crippen molar-refractivity contribution in [2.75, 3.05) is 14.2 Å². The highest BCUT2D eigenvalue weighted by Crippen LogP contribution is 2.61. The number of rotatable bonds is 3. The molecule has 0 aromatic carbocycles. The molecule has 0 aromatic heterocycles. The van der Waals surface area contributed by atoms with Gasteiger partial charge in [-0.25, -0.2) is 0 Å². The van der Waals surface area contributed by atoms with Crippen LogP contribution in [0.5, 0.6) is 0 Å². The van der Waals surface area contributed by atoms with Crippen molar-refractivity contribution in [2.24, 2.45) is 0 Å². The molecule has 5 nitrogen and oxygen atoms in total. The summed E-state index contributed by atoms with van der Waals surface area (Å²) >= 11 is 0. The maximum absolute atomic E-state index is 12.0. The van der Waals surface area contributed by atoms with Gasteiger partial charge >= 0.3 is 7.60 Å². The smallest absolute Gasteiger partial charge is 0.401 e. The van der Waals surface area contributed by atoms with E-state index in [1.54, 1.807) is 6.92 Å². The SMILES string of the molecule is COP(=O)(OC)C1(C)CCC=[N+]1[O-]. The van der Waals surface area contributed by atoms with E-state index in [0.29, 0.717) is 17.6 Å². The Bertz CT molecular complexity index is 270. The van der Waals surface area contributed by atoms with E-state index in [1.165, 1.54) is 20.4 Å². The van der Waals surface area contributed by atoms with Gasteiger partial charge < -0.3 is 14.3 Å². The van der Waals surface area contributed by atoms with E-state index in [0.717, 1.165) is 0 Å². The van der Waals surface area contributed by atoms with Gasteiger partial charge in [0.25, 0.3) is 5.28 Å². The Balaban J connectivity index is 3.05. The van der Waals surface area contributed by atoms with Gasteiger partial charge in [-0.1, -0.05) is 0 Å². The van der Waals surface area contributed by atoms with E-state index in [4.69, 9.17) is 9.05 Å². The van der Waals surface area contributed by atoms with E-state index in [2.05, 4.69) is 0 Å². The molecule has 1 rings (SSSR count). The fourth-order valence-corrected chi connectivity index (χ4v) is 3.15. The van der Waals surface area contributed by atoms with Crippen LogP contribution in [0.25, 0.3) is 0 Å². The molecule has 6 heteroatoms. The highest BCUT2D eigenvalue weighted by molar-refractivity contribution is 7.55. The van der Waals surface area contributed by atoms with Crippen LogP contribution in [0.1, 0.15) is 19.8 Å². The number of hydrogen-bond donors (Lipinski definition) is 0. The summed E-state index contributed by atoms with van der Waals surface area (Å²) in [5, 5.41) is 10.3. The van der Waals surface area contributed by atoms with E-state index in [1.807, 2.05) is 0 Å². The van der Waals surface area contributed by atoms with Crippen LogP contribution in [0.3, 0.4) is 0 Å². The van der Waals surface area contributed by atoms with Crippen molar-refractivity contribution in [1.82, 2.24) is 0 Å². The highest BCUT2D eigenvalue weighted by Gasteiger charge is 2.55. The minimum atomic E-state index is -3.31. The molecule has 0 fully saturated rings.